The number of ether oxygens (including phenoxy) is 2. The maximum absolute atomic E-state index is 14.0. The highest BCUT2D eigenvalue weighted by Gasteiger charge is 2.26. The minimum absolute atomic E-state index is 0.0547. The lowest BCUT2D eigenvalue weighted by Crippen LogP contribution is -2.39. The van der Waals surface area contributed by atoms with Crippen molar-refractivity contribution >= 4 is 5.91 Å². The number of aromatic nitrogens is 1. The number of hydrogen-bond acceptors (Lipinski definition) is 5. The molecule has 2 N–H and O–H groups in total. The number of hydrogen-bond donors (Lipinski definition) is 2. The molecule has 40 heavy (non-hydrogen) atoms. The summed E-state index contributed by atoms with van der Waals surface area (Å²) in [4.78, 5) is 24.4. The van der Waals surface area contributed by atoms with Crippen LogP contribution in [0.4, 0.5) is 4.39 Å². The molecule has 0 aliphatic heterocycles. The van der Waals surface area contributed by atoms with Gasteiger partial charge in [0.15, 0.2) is 0 Å². The first-order chi connectivity index (χ1) is 18.8. The van der Waals surface area contributed by atoms with Crippen molar-refractivity contribution in [3.8, 4) is 28.4 Å². The number of carbonyl (C=O) groups excluding carboxylic acids is 1. The number of rotatable bonds is 8. The van der Waals surface area contributed by atoms with E-state index in [4.69, 9.17) is 9.47 Å². The van der Waals surface area contributed by atoms with Crippen molar-refractivity contribution < 1.29 is 23.8 Å². The number of aryl methyl sites for hydroxylation is 3. The minimum Gasteiger partial charge on any atom is -0.490 e. The summed E-state index contributed by atoms with van der Waals surface area (Å²) in [7, 11) is 1.66. The van der Waals surface area contributed by atoms with Crippen molar-refractivity contribution in [2.24, 2.45) is 7.05 Å². The van der Waals surface area contributed by atoms with Gasteiger partial charge in [-0.05, 0) is 100 Å². The molecular formula is C32H37FN2O5. The van der Waals surface area contributed by atoms with Gasteiger partial charge >= 0.3 is 0 Å². The summed E-state index contributed by atoms with van der Waals surface area (Å²) in [6.07, 6.45) is 5.73. The quantitative estimate of drug-likeness (QED) is 0.346. The zero-order valence-corrected chi connectivity index (χ0v) is 23.7. The van der Waals surface area contributed by atoms with E-state index in [9.17, 15) is 19.1 Å². The zero-order chi connectivity index (χ0) is 29.2. The fourth-order valence-corrected chi connectivity index (χ4v) is 5.06. The smallest absolute Gasteiger partial charge is 0.254 e. The van der Waals surface area contributed by atoms with E-state index in [-0.39, 0.29) is 29.4 Å². The van der Waals surface area contributed by atoms with Crippen molar-refractivity contribution in [2.75, 3.05) is 0 Å². The fourth-order valence-electron chi connectivity index (χ4n) is 5.06. The van der Waals surface area contributed by atoms with Gasteiger partial charge in [0.25, 0.3) is 5.56 Å². The fraction of sp³-hybridized carbons (Fsp3) is 0.375. The molecule has 2 aromatic carbocycles. The Morgan fingerprint density at radius 3 is 2.33 bits per heavy atom. The first-order valence-electron chi connectivity index (χ1n) is 13.5. The third kappa shape index (κ3) is 6.62. The van der Waals surface area contributed by atoms with Crippen LogP contribution in [0, 0.1) is 19.7 Å². The number of benzene rings is 2. The zero-order valence-electron chi connectivity index (χ0n) is 23.7. The molecule has 1 amide bonds. The van der Waals surface area contributed by atoms with Gasteiger partial charge in [-0.2, -0.15) is 0 Å². The third-order valence-electron chi connectivity index (χ3n) is 7.30. The topological polar surface area (TPSA) is 89.8 Å². The number of pyridine rings is 1. The number of amides is 1. The van der Waals surface area contributed by atoms with Crippen LogP contribution in [0.25, 0.3) is 11.1 Å². The molecule has 1 aliphatic carbocycles. The maximum atomic E-state index is 14.0. The first-order valence-corrected chi connectivity index (χ1v) is 13.5. The van der Waals surface area contributed by atoms with Crippen LogP contribution < -0.4 is 20.3 Å². The normalized spacial score (nSPS) is 17.3. The molecule has 1 aliphatic rings. The number of nitrogens with one attached hydrogen (secondary N) is 1. The monoisotopic (exact) mass is 548 g/mol. The molecule has 0 atom stereocenters. The molecule has 0 spiro atoms. The Morgan fingerprint density at radius 1 is 1.07 bits per heavy atom. The van der Waals surface area contributed by atoms with Crippen LogP contribution in [0.3, 0.4) is 0 Å². The molecule has 0 saturated heterocycles. The predicted octanol–water partition coefficient (Wildman–Crippen LogP) is 5.82. The number of aliphatic hydroxyl groups is 1. The highest BCUT2D eigenvalue weighted by Crippen LogP contribution is 2.42. The molecule has 0 radical (unpaired) electrons. The van der Waals surface area contributed by atoms with Gasteiger partial charge in [0.05, 0.1) is 11.7 Å². The molecule has 1 saturated carbocycles. The summed E-state index contributed by atoms with van der Waals surface area (Å²) in [5, 5.41) is 13.7. The lowest BCUT2D eigenvalue weighted by atomic mass is 9.92. The first kappa shape index (κ1) is 29.1. The molecular weight excluding hydrogens is 511 g/mol. The molecule has 4 rings (SSSR count). The van der Waals surface area contributed by atoms with E-state index in [0.717, 1.165) is 12.8 Å². The standard InChI is InChI=1S/C32H37FN2O5/c1-7-29(36)34-23-9-11-24(12-10-23)39-28-17-30(37)35(6)18-26(28)25-16-21(32(4,5)38)8-13-27(25)40-31-19(2)14-22(33)15-20(31)3/h7-8,13-18,23-24,38H,1,9-12H2,2-6H3,(H,34,36)/t23-,24-. The highest BCUT2D eigenvalue weighted by molar-refractivity contribution is 5.87. The van der Waals surface area contributed by atoms with Gasteiger partial charge in [-0.15, -0.1) is 0 Å². The number of halogens is 1. The molecule has 7 nitrogen and oxygen atoms in total. The van der Waals surface area contributed by atoms with E-state index in [1.807, 2.05) is 6.07 Å². The van der Waals surface area contributed by atoms with E-state index in [1.165, 1.54) is 28.8 Å². The van der Waals surface area contributed by atoms with Crippen molar-refractivity contribution in [1.29, 1.82) is 0 Å². The molecule has 212 valence electrons. The highest BCUT2D eigenvalue weighted by atomic mass is 19.1. The Bertz CT molecular complexity index is 1460. The van der Waals surface area contributed by atoms with Gasteiger partial charge in [0.1, 0.15) is 23.1 Å². The summed E-state index contributed by atoms with van der Waals surface area (Å²) in [6.45, 7) is 10.5. The van der Waals surface area contributed by atoms with Crippen LogP contribution >= 0.6 is 0 Å². The summed E-state index contributed by atoms with van der Waals surface area (Å²) in [6, 6.07) is 9.75. The van der Waals surface area contributed by atoms with Gasteiger partial charge in [0, 0.05) is 36.5 Å². The van der Waals surface area contributed by atoms with E-state index in [0.29, 0.717) is 57.9 Å². The van der Waals surface area contributed by atoms with Crippen molar-refractivity contribution in [3.63, 3.8) is 0 Å². The molecule has 1 fully saturated rings. The van der Waals surface area contributed by atoms with Gasteiger partial charge in [-0.3, -0.25) is 9.59 Å². The second-order valence-corrected chi connectivity index (χ2v) is 11.0. The Labute approximate surface area is 234 Å². The van der Waals surface area contributed by atoms with Gasteiger partial charge in [0.2, 0.25) is 5.91 Å². The lowest BCUT2D eigenvalue weighted by molar-refractivity contribution is -0.117. The van der Waals surface area contributed by atoms with Gasteiger partial charge in [-0.1, -0.05) is 12.6 Å². The van der Waals surface area contributed by atoms with Crippen molar-refractivity contribution in [3.05, 3.63) is 88.1 Å². The Balaban J connectivity index is 1.75. The van der Waals surface area contributed by atoms with E-state index >= 15 is 0 Å². The number of nitrogens with zero attached hydrogens (tertiary/aromatic N) is 1. The van der Waals surface area contributed by atoms with Crippen LogP contribution in [0.15, 0.2) is 60.0 Å². The summed E-state index contributed by atoms with van der Waals surface area (Å²) in [5.74, 6) is 0.888. The van der Waals surface area contributed by atoms with E-state index in [2.05, 4.69) is 11.9 Å². The number of carbonyl (C=O) groups is 1. The molecule has 1 aromatic heterocycles. The van der Waals surface area contributed by atoms with Gasteiger partial charge < -0.3 is 24.5 Å². The lowest BCUT2D eigenvalue weighted by Gasteiger charge is -2.30. The van der Waals surface area contributed by atoms with Crippen molar-refractivity contribution in [2.45, 2.75) is 71.1 Å². The average Bonchev–Trinajstić information content (AvgIpc) is 2.88. The molecule has 0 bridgehead atoms. The average molecular weight is 549 g/mol. The second-order valence-electron chi connectivity index (χ2n) is 11.0. The van der Waals surface area contributed by atoms with Crippen LogP contribution in [0.5, 0.6) is 17.2 Å². The SMILES string of the molecule is C=CC(=O)N[C@H]1CC[C@H](Oc2cc(=O)n(C)cc2-c2cc(C(C)(C)O)ccc2Oc2c(C)cc(F)cc2C)CC1. The Kier molecular flexibility index (Phi) is 8.49. The maximum Gasteiger partial charge on any atom is 0.254 e. The van der Waals surface area contributed by atoms with Crippen LogP contribution in [0.2, 0.25) is 0 Å². The molecule has 3 aromatic rings. The summed E-state index contributed by atoms with van der Waals surface area (Å²) in [5.41, 5.74) is 1.84. The summed E-state index contributed by atoms with van der Waals surface area (Å²) < 4.78 is 28.3. The summed E-state index contributed by atoms with van der Waals surface area (Å²) >= 11 is 0. The Hall–Kier alpha value is -3.91. The largest absolute Gasteiger partial charge is 0.490 e. The third-order valence-corrected chi connectivity index (χ3v) is 7.30. The Morgan fingerprint density at radius 2 is 1.73 bits per heavy atom. The molecule has 1 heterocycles. The van der Waals surface area contributed by atoms with Crippen LogP contribution in [0.1, 0.15) is 56.2 Å². The predicted molar refractivity (Wildman–Crippen MR) is 153 cm³/mol. The van der Waals surface area contributed by atoms with Crippen LogP contribution in [-0.4, -0.2) is 27.7 Å². The molecule has 8 heteroatoms. The minimum atomic E-state index is -1.13. The van der Waals surface area contributed by atoms with E-state index in [1.54, 1.807) is 53.1 Å². The molecule has 0 unspecified atom stereocenters. The van der Waals surface area contributed by atoms with Crippen LogP contribution in [-0.2, 0) is 17.4 Å². The van der Waals surface area contributed by atoms with Gasteiger partial charge in [-0.25, -0.2) is 4.39 Å². The van der Waals surface area contributed by atoms with E-state index < -0.39 is 5.60 Å². The van der Waals surface area contributed by atoms with Crippen molar-refractivity contribution in [1.82, 2.24) is 9.88 Å². The second kappa shape index (κ2) is 11.7.